The molecule has 0 aliphatic carbocycles. The van der Waals surface area contributed by atoms with E-state index in [0.29, 0.717) is 36.9 Å². The molecule has 2 fully saturated rings. The van der Waals surface area contributed by atoms with E-state index in [1.807, 2.05) is 35.2 Å². The number of rotatable bonds is 7. The number of hydrogen-bond donors (Lipinski definition) is 1. The third kappa shape index (κ3) is 5.26. The maximum absolute atomic E-state index is 12.9. The summed E-state index contributed by atoms with van der Waals surface area (Å²) >= 11 is 0.851. The number of nitro benzene ring substituents is 1. The molecule has 0 bridgehead atoms. The Kier molecular flexibility index (Phi) is 7.24. The lowest BCUT2D eigenvalue weighted by molar-refractivity contribution is -0.384. The molecule has 34 heavy (non-hydrogen) atoms. The molecule has 2 aromatic carbocycles. The van der Waals surface area contributed by atoms with Crippen LogP contribution >= 0.6 is 11.8 Å². The molecule has 2 aliphatic rings. The highest BCUT2D eigenvalue weighted by Gasteiger charge is 2.34. The number of nitrogens with zero attached hydrogens (tertiary/aromatic N) is 3. The summed E-state index contributed by atoms with van der Waals surface area (Å²) in [5.41, 5.74) is 1.35. The van der Waals surface area contributed by atoms with Crippen LogP contribution < -0.4 is 10.2 Å². The van der Waals surface area contributed by atoms with Gasteiger partial charge in [0, 0.05) is 38.3 Å². The van der Waals surface area contributed by atoms with Gasteiger partial charge in [-0.2, -0.15) is 0 Å². The number of hydrogen-bond acceptors (Lipinski definition) is 8. The molecule has 1 N–H and O–H groups in total. The van der Waals surface area contributed by atoms with Gasteiger partial charge in [-0.15, -0.1) is 0 Å². The second-order valence-electron chi connectivity index (χ2n) is 7.56. The number of thioether (sulfide) groups is 1. The number of benzene rings is 2. The van der Waals surface area contributed by atoms with Crippen molar-refractivity contribution in [2.24, 2.45) is 0 Å². The zero-order chi connectivity index (χ0) is 24.1. The van der Waals surface area contributed by atoms with E-state index in [4.69, 9.17) is 4.74 Å². The van der Waals surface area contributed by atoms with Crippen LogP contribution in [0.2, 0.25) is 0 Å². The Morgan fingerprint density at radius 2 is 1.88 bits per heavy atom. The van der Waals surface area contributed by atoms with Crippen LogP contribution in [0.1, 0.15) is 15.9 Å². The fourth-order valence-electron chi connectivity index (χ4n) is 3.67. The summed E-state index contributed by atoms with van der Waals surface area (Å²) in [6.45, 7) is 2.11. The second kappa shape index (κ2) is 10.5. The van der Waals surface area contributed by atoms with Crippen LogP contribution in [-0.4, -0.2) is 66.3 Å². The minimum absolute atomic E-state index is 0.00957. The van der Waals surface area contributed by atoms with Gasteiger partial charge in [0.2, 0.25) is 0 Å². The summed E-state index contributed by atoms with van der Waals surface area (Å²) < 4.78 is 5.35. The van der Waals surface area contributed by atoms with E-state index in [-0.39, 0.29) is 24.3 Å². The van der Waals surface area contributed by atoms with Crippen molar-refractivity contribution in [3.8, 4) is 0 Å². The van der Waals surface area contributed by atoms with Crippen LogP contribution in [0.25, 0.3) is 6.08 Å². The van der Waals surface area contributed by atoms with E-state index < -0.39 is 22.0 Å². The molecule has 0 saturated carbocycles. The summed E-state index contributed by atoms with van der Waals surface area (Å²) in [4.78, 5) is 51.9. The number of carbonyl (C=O) groups is 3. The highest BCUT2D eigenvalue weighted by molar-refractivity contribution is 8.18. The van der Waals surface area contributed by atoms with Crippen LogP contribution in [0.5, 0.6) is 0 Å². The molecule has 11 heteroatoms. The molecule has 0 atom stereocenters. The fourth-order valence-corrected chi connectivity index (χ4v) is 4.53. The number of carbonyl (C=O) groups excluding carboxylic acids is 3. The van der Waals surface area contributed by atoms with Gasteiger partial charge in [-0.1, -0.05) is 30.3 Å². The van der Waals surface area contributed by atoms with Crippen molar-refractivity contribution in [3.05, 3.63) is 74.7 Å². The highest BCUT2D eigenvalue weighted by atomic mass is 32.2. The predicted molar refractivity (Wildman–Crippen MR) is 128 cm³/mol. The zero-order valence-electron chi connectivity index (χ0n) is 18.1. The van der Waals surface area contributed by atoms with Gasteiger partial charge in [-0.25, -0.2) is 0 Å². The number of amides is 3. The summed E-state index contributed by atoms with van der Waals surface area (Å²) in [6, 6.07) is 13.4. The maximum atomic E-state index is 12.9. The number of imide groups is 1. The van der Waals surface area contributed by atoms with E-state index in [0.717, 1.165) is 22.2 Å². The van der Waals surface area contributed by atoms with E-state index in [1.165, 1.54) is 12.1 Å². The van der Waals surface area contributed by atoms with Crippen LogP contribution in [-0.2, 0) is 9.53 Å². The van der Waals surface area contributed by atoms with E-state index in [9.17, 15) is 24.5 Å². The van der Waals surface area contributed by atoms with Gasteiger partial charge < -0.3 is 15.0 Å². The monoisotopic (exact) mass is 482 g/mol. The predicted octanol–water partition coefficient (Wildman–Crippen LogP) is 2.90. The van der Waals surface area contributed by atoms with Crippen molar-refractivity contribution in [3.63, 3.8) is 0 Å². The molecule has 2 saturated heterocycles. The van der Waals surface area contributed by atoms with Crippen molar-refractivity contribution in [1.29, 1.82) is 0 Å². The van der Waals surface area contributed by atoms with E-state index >= 15 is 0 Å². The normalized spacial score (nSPS) is 17.4. The molecule has 0 unspecified atom stereocenters. The van der Waals surface area contributed by atoms with Crippen molar-refractivity contribution in [2.75, 3.05) is 44.3 Å². The van der Waals surface area contributed by atoms with Gasteiger partial charge in [0.05, 0.1) is 34.3 Å². The van der Waals surface area contributed by atoms with Gasteiger partial charge in [-0.3, -0.25) is 29.4 Å². The van der Waals surface area contributed by atoms with Gasteiger partial charge in [-0.05, 0) is 29.5 Å². The van der Waals surface area contributed by atoms with Crippen LogP contribution in [0.3, 0.4) is 0 Å². The molecule has 4 rings (SSSR count). The molecule has 0 spiro atoms. The van der Waals surface area contributed by atoms with Gasteiger partial charge in [0.25, 0.3) is 22.7 Å². The number of non-ortho nitro benzene ring substituents is 1. The SMILES string of the molecule is O=C(NCCN1C(=O)S/C(=C\c2ccccc2)C1=O)c1cc([N+](=O)[O-])ccc1N1CCOCC1. The summed E-state index contributed by atoms with van der Waals surface area (Å²) in [6.07, 6.45) is 1.65. The average molecular weight is 483 g/mol. The lowest BCUT2D eigenvalue weighted by atomic mass is 10.1. The summed E-state index contributed by atoms with van der Waals surface area (Å²) in [5, 5.41) is 13.5. The van der Waals surface area contributed by atoms with Crippen molar-refractivity contribution < 1.29 is 24.0 Å². The van der Waals surface area contributed by atoms with Gasteiger partial charge in [0.15, 0.2) is 0 Å². The van der Waals surface area contributed by atoms with Gasteiger partial charge >= 0.3 is 0 Å². The standard InChI is InChI=1S/C23H22N4O6S/c28-21(18-15-17(27(31)32)6-7-19(18)25-10-12-33-13-11-25)24-8-9-26-22(29)20(34-23(26)30)14-16-4-2-1-3-5-16/h1-7,14-15H,8-13H2,(H,24,28)/b20-14-. The largest absolute Gasteiger partial charge is 0.378 e. The van der Waals surface area contributed by atoms with E-state index in [2.05, 4.69) is 5.32 Å². The average Bonchev–Trinajstić information content (AvgIpc) is 3.12. The molecule has 176 valence electrons. The topological polar surface area (TPSA) is 122 Å². The third-order valence-corrected chi connectivity index (χ3v) is 6.29. The molecule has 2 aliphatic heterocycles. The van der Waals surface area contributed by atoms with E-state index in [1.54, 1.807) is 12.1 Å². The van der Waals surface area contributed by atoms with Crippen molar-refractivity contribution >= 4 is 46.3 Å². The van der Waals surface area contributed by atoms with Gasteiger partial charge in [0.1, 0.15) is 0 Å². The minimum atomic E-state index is -0.556. The molecule has 2 aromatic rings. The first-order chi connectivity index (χ1) is 16.4. The van der Waals surface area contributed by atoms with Crippen LogP contribution in [0, 0.1) is 10.1 Å². The molecule has 3 amide bonds. The fraction of sp³-hybridized carbons (Fsp3) is 0.261. The number of anilines is 1. The molecule has 10 nitrogen and oxygen atoms in total. The quantitative estimate of drug-likeness (QED) is 0.363. The Bertz CT molecular complexity index is 1150. The minimum Gasteiger partial charge on any atom is -0.378 e. The zero-order valence-corrected chi connectivity index (χ0v) is 19.0. The Morgan fingerprint density at radius 1 is 1.15 bits per heavy atom. The smallest absolute Gasteiger partial charge is 0.293 e. The molecule has 0 radical (unpaired) electrons. The van der Waals surface area contributed by atoms with Crippen molar-refractivity contribution in [2.45, 2.75) is 0 Å². The van der Waals surface area contributed by atoms with Crippen molar-refractivity contribution in [1.82, 2.24) is 10.2 Å². The Balaban J connectivity index is 1.43. The highest BCUT2D eigenvalue weighted by Crippen LogP contribution is 2.32. The Labute approximate surface area is 199 Å². The number of ether oxygens (including phenoxy) is 1. The summed E-state index contributed by atoms with van der Waals surface area (Å²) in [5.74, 6) is -0.936. The molecule has 2 heterocycles. The maximum Gasteiger partial charge on any atom is 0.293 e. The third-order valence-electron chi connectivity index (χ3n) is 5.38. The lowest BCUT2D eigenvalue weighted by Gasteiger charge is -2.30. The number of nitrogens with one attached hydrogen (secondary N) is 1. The first kappa shape index (κ1) is 23.5. The second-order valence-corrected chi connectivity index (χ2v) is 8.55. The number of morpholine rings is 1. The number of nitro groups is 1. The van der Waals surface area contributed by atoms with Crippen LogP contribution in [0.15, 0.2) is 53.4 Å². The first-order valence-electron chi connectivity index (χ1n) is 10.6. The van der Waals surface area contributed by atoms with Crippen LogP contribution in [0.4, 0.5) is 16.2 Å². The first-order valence-corrected chi connectivity index (χ1v) is 11.5. The Morgan fingerprint density at radius 3 is 2.59 bits per heavy atom. The lowest BCUT2D eigenvalue weighted by Crippen LogP contribution is -2.39. The molecule has 0 aromatic heterocycles. The molecular formula is C23H22N4O6S. The Hall–Kier alpha value is -3.70. The molecular weight excluding hydrogens is 460 g/mol. The summed E-state index contributed by atoms with van der Waals surface area (Å²) in [7, 11) is 0.